The fourth-order valence-electron chi connectivity index (χ4n) is 1.83. The average molecular weight is 211 g/mol. The second-order valence-corrected chi connectivity index (χ2v) is 3.86. The van der Waals surface area contributed by atoms with Gasteiger partial charge in [0.2, 0.25) is 0 Å². The Hall–Kier alpha value is -0.290. The number of halogens is 3. The van der Waals surface area contributed by atoms with E-state index in [2.05, 4.69) is 5.32 Å². The molecule has 1 fully saturated rings. The van der Waals surface area contributed by atoms with Crippen molar-refractivity contribution in [3.05, 3.63) is 0 Å². The van der Waals surface area contributed by atoms with Crippen molar-refractivity contribution >= 4 is 0 Å². The van der Waals surface area contributed by atoms with Gasteiger partial charge in [-0.1, -0.05) is 12.8 Å². The summed E-state index contributed by atoms with van der Waals surface area (Å²) in [5.74, 6) is -0.00824. The van der Waals surface area contributed by atoms with Crippen molar-refractivity contribution in [2.24, 2.45) is 5.92 Å². The second-order valence-electron chi connectivity index (χ2n) is 3.86. The zero-order valence-corrected chi connectivity index (χ0v) is 7.98. The molecule has 1 rings (SSSR count). The topological polar surface area (TPSA) is 32.3 Å². The molecule has 2 nitrogen and oxygen atoms in total. The van der Waals surface area contributed by atoms with Crippen LogP contribution in [0.5, 0.6) is 0 Å². The monoisotopic (exact) mass is 211 g/mol. The minimum absolute atomic E-state index is 0.00824. The molecule has 0 spiro atoms. The molecule has 0 aromatic heterocycles. The van der Waals surface area contributed by atoms with Crippen LogP contribution in [0.1, 0.15) is 25.7 Å². The van der Waals surface area contributed by atoms with Crippen LogP contribution in [0, 0.1) is 5.92 Å². The SMILES string of the molecule is OC1CCCCC1CNCC(F)(F)F. The highest BCUT2D eigenvalue weighted by molar-refractivity contribution is 4.76. The maximum Gasteiger partial charge on any atom is 0.401 e. The van der Waals surface area contributed by atoms with Crippen molar-refractivity contribution in [3.8, 4) is 0 Å². The molecule has 1 aliphatic carbocycles. The zero-order chi connectivity index (χ0) is 10.6. The zero-order valence-electron chi connectivity index (χ0n) is 7.98. The molecule has 0 aromatic rings. The molecule has 0 heterocycles. The van der Waals surface area contributed by atoms with Crippen molar-refractivity contribution in [3.63, 3.8) is 0 Å². The number of aliphatic hydroxyl groups is 1. The van der Waals surface area contributed by atoms with Gasteiger partial charge in [0.05, 0.1) is 12.6 Å². The summed E-state index contributed by atoms with van der Waals surface area (Å²) in [5.41, 5.74) is 0. The first-order chi connectivity index (χ1) is 6.49. The van der Waals surface area contributed by atoms with Crippen LogP contribution in [-0.2, 0) is 0 Å². The molecule has 14 heavy (non-hydrogen) atoms. The lowest BCUT2D eigenvalue weighted by Gasteiger charge is -2.27. The standard InChI is InChI=1S/C9H16F3NO/c10-9(11,12)6-13-5-7-3-1-2-4-8(7)14/h7-8,13-14H,1-6H2. The summed E-state index contributed by atoms with van der Waals surface area (Å²) >= 11 is 0. The Balaban J connectivity index is 2.17. The smallest absolute Gasteiger partial charge is 0.393 e. The predicted molar refractivity (Wildman–Crippen MR) is 46.9 cm³/mol. The number of aliphatic hydroxyl groups excluding tert-OH is 1. The van der Waals surface area contributed by atoms with E-state index < -0.39 is 18.8 Å². The van der Waals surface area contributed by atoms with E-state index >= 15 is 0 Å². The molecule has 2 atom stereocenters. The summed E-state index contributed by atoms with van der Waals surface area (Å²) in [6, 6.07) is 0. The van der Waals surface area contributed by atoms with E-state index in [0.29, 0.717) is 0 Å². The number of nitrogens with one attached hydrogen (secondary N) is 1. The lowest BCUT2D eigenvalue weighted by Crippen LogP contribution is -2.37. The first-order valence-corrected chi connectivity index (χ1v) is 4.94. The van der Waals surface area contributed by atoms with Crippen molar-refractivity contribution in [1.82, 2.24) is 5.32 Å². The highest BCUT2D eigenvalue weighted by Crippen LogP contribution is 2.23. The number of hydrogen-bond donors (Lipinski definition) is 2. The Morgan fingerprint density at radius 1 is 1.21 bits per heavy atom. The van der Waals surface area contributed by atoms with Crippen molar-refractivity contribution in [2.75, 3.05) is 13.1 Å². The Bertz CT molecular complexity index is 172. The van der Waals surface area contributed by atoms with Gasteiger partial charge < -0.3 is 10.4 Å². The lowest BCUT2D eigenvalue weighted by atomic mass is 9.86. The summed E-state index contributed by atoms with van der Waals surface area (Å²) in [7, 11) is 0. The first-order valence-electron chi connectivity index (χ1n) is 4.94. The van der Waals surface area contributed by atoms with Gasteiger partial charge >= 0.3 is 6.18 Å². The highest BCUT2D eigenvalue weighted by atomic mass is 19.4. The fraction of sp³-hybridized carbons (Fsp3) is 1.00. The van der Waals surface area contributed by atoms with Gasteiger partial charge in [0.1, 0.15) is 0 Å². The summed E-state index contributed by atoms with van der Waals surface area (Å²) in [6.45, 7) is -0.698. The highest BCUT2D eigenvalue weighted by Gasteiger charge is 2.28. The molecule has 5 heteroatoms. The van der Waals surface area contributed by atoms with E-state index in [1.165, 1.54) is 0 Å². The largest absolute Gasteiger partial charge is 0.401 e. The lowest BCUT2D eigenvalue weighted by molar-refractivity contribution is -0.125. The van der Waals surface area contributed by atoms with E-state index in [-0.39, 0.29) is 12.5 Å². The van der Waals surface area contributed by atoms with Crippen LogP contribution >= 0.6 is 0 Å². The maximum absolute atomic E-state index is 11.8. The molecule has 1 aliphatic rings. The summed E-state index contributed by atoms with van der Waals surface area (Å²) in [4.78, 5) is 0. The molecule has 0 aromatic carbocycles. The summed E-state index contributed by atoms with van der Waals surface area (Å²) < 4.78 is 35.3. The van der Waals surface area contributed by atoms with Crippen LogP contribution < -0.4 is 5.32 Å². The Kier molecular flexibility index (Phi) is 4.19. The van der Waals surface area contributed by atoms with E-state index in [1.807, 2.05) is 0 Å². The fourth-order valence-corrected chi connectivity index (χ4v) is 1.83. The second kappa shape index (κ2) is 4.98. The van der Waals surface area contributed by atoms with Crippen LogP contribution in [0.2, 0.25) is 0 Å². The van der Waals surface area contributed by atoms with Gasteiger partial charge in [-0.15, -0.1) is 0 Å². The molecule has 2 N–H and O–H groups in total. The van der Waals surface area contributed by atoms with Crippen molar-refractivity contribution in [1.29, 1.82) is 0 Å². The molecule has 84 valence electrons. The Morgan fingerprint density at radius 2 is 1.86 bits per heavy atom. The van der Waals surface area contributed by atoms with Crippen LogP contribution in [0.25, 0.3) is 0 Å². The summed E-state index contributed by atoms with van der Waals surface area (Å²) in [6.07, 6.45) is -1.04. The van der Waals surface area contributed by atoms with Gasteiger partial charge in [-0.3, -0.25) is 0 Å². The normalized spacial score (nSPS) is 29.1. The quantitative estimate of drug-likeness (QED) is 0.744. The molecule has 0 aliphatic heterocycles. The summed E-state index contributed by atoms with van der Waals surface area (Å²) in [5, 5.41) is 11.8. The molecule has 1 saturated carbocycles. The third-order valence-electron chi connectivity index (χ3n) is 2.60. The number of rotatable bonds is 3. The number of alkyl halides is 3. The average Bonchev–Trinajstić information content (AvgIpc) is 2.06. The predicted octanol–water partition coefficient (Wildman–Crippen LogP) is 1.69. The molecule has 0 radical (unpaired) electrons. The third kappa shape index (κ3) is 4.28. The van der Waals surface area contributed by atoms with E-state index in [1.54, 1.807) is 0 Å². The number of hydrogen-bond acceptors (Lipinski definition) is 2. The molecule has 0 amide bonds. The van der Waals surface area contributed by atoms with Crippen LogP contribution in [-0.4, -0.2) is 30.5 Å². The molecular weight excluding hydrogens is 195 g/mol. The van der Waals surface area contributed by atoms with E-state index in [9.17, 15) is 18.3 Å². The molecular formula is C9H16F3NO. The third-order valence-corrected chi connectivity index (χ3v) is 2.60. The minimum atomic E-state index is -4.15. The van der Waals surface area contributed by atoms with Crippen molar-refractivity contribution in [2.45, 2.75) is 38.0 Å². The van der Waals surface area contributed by atoms with Crippen molar-refractivity contribution < 1.29 is 18.3 Å². The van der Waals surface area contributed by atoms with Gasteiger partial charge in [0, 0.05) is 6.54 Å². The molecule has 2 unspecified atom stereocenters. The van der Waals surface area contributed by atoms with Gasteiger partial charge in [0.15, 0.2) is 0 Å². The van der Waals surface area contributed by atoms with Gasteiger partial charge in [0.25, 0.3) is 0 Å². The van der Waals surface area contributed by atoms with Crippen LogP contribution in [0.15, 0.2) is 0 Å². The molecule has 0 saturated heterocycles. The van der Waals surface area contributed by atoms with Crippen LogP contribution in [0.4, 0.5) is 13.2 Å². The molecule has 0 bridgehead atoms. The van der Waals surface area contributed by atoms with Gasteiger partial charge in [-0.05, 0) is 18.8 Å². The van der Waals surface area contributed by atoms with Gasteiger partial charge in [-0.25, -0.2) is 0 Å². The maximum atomic E-state index is 11.8. The van der Waals surface area contributed by atoms with E-state index in [0.717, 1.165) is 25.7 Å². The van der Waals surface area contributed by atoms with Crippen LogP contribution in [0.3, 0.4) is 0 Å². The first kappa shape index (κ1) is 11.8. The van der Waals surface area contributed by atoms with Gasteiger partial charge in [-0.2, -0.15) is 13.2 Å². The minimum Gasteiger partial charge on any atom is -0.393 e. The Labute approximate surface area is 81.5 Å². The van der Waals surface area contributed by atoms with E-state index in [4.69, 9.17) is 0 Å². The Morgan fingerprint density at radius 3 is 2.43 bits per heavy atom.